The Hall–Kier alpha value is -5.16. The maximum Gasteiger partial charge on any atom is 0.243 e. The number of amides is 4. The van der Waals surface area contributed by atoms with Crippen LogP contribution in [0.2, 0.25) is 0 Å². The van der Waals surface area contributed by atoms with Crippen molar-refractivity contribution in [2.45, 2.75) is 63.2 Å². The molecular formula is C35H40N6O5. The number of hydrogen-bond acceptors (Lipinski definition) is 6. The van der Waals surface area contributed by atoms with Crippen LogP contribution < -0.4 is 22.1 Å². The van der Waals surface area contributed by atoms with E-state index in [1.165, 1.54) is 17.0 Å². The van der Waals surface area contributed by atoms with Crippen molar-refractivity contribution in [3.8, 4) is 5.75 Å². The van der Waals surface area contributed by atoms with Crippen LogP contribution in [0, 0.1) is 6.92 Å². The first kappa shape index (κ1) is 32.2. The summed E-state index contributed by atoms with van der Waals surface area (Å²) in [5.41, 5.74) is 16.2. The number of aromatic amines is 1. The Bertz CT molecular complexity index is 1700. The molecule has 1 aromatic heterocycles. The van der Waals surface area contributed by atoms with Gasteiger partial charge in [-0.2, -0.15) is 0 Å². The molecule has 1 aliphatic rings. The second-order valence-electron chi connectivity index (χ2n) is 11.9. The number of phenolic OH excluding ortho intramolecular Hbond substituents is 1. The summed E-state index contributed by atoms with van der Waals surface area (Å²) in [5.74, 6) is -1.98. The number of fused-ring (bicyclic) bond motifs is 1. The minimum absolute atomic E-state index is 0.114. The van der Waals surface area contributed by atoms with Gasteiger partial charge in [0.25, 0.3) is 0 Å². The number of primary amides is 1. The zero-order valence-electron chi connectivity index (χ0n) is 25.7. The first-order valence-electron chi connectivity index (χ1n) is 15.4. The van der Waals surface area contributed by atoms with Crippen LogP contribution >= 0.6 is 0 Å². The standard InChI is InChI=1S/C35H40N6O5/c1-21-26(25-10-5-6-11-28(25)38-21)20-30(33(44)39-29(32(37)43)19-22-8-3-2-4-9-22)40-34(45)31-12-7-17-41(31)35(46)27(36)18-23-13-15-24(42)16-14-23/h2-6,8-11,13-16,27,29-31,38,42H,7,12,17-20,36H2,1H3,(H2,37,43)(H,39,44)(H,40,45)/t27-,29-,30+,31-/m0/s1. The molecule has 2 heterocycles. The van der Waals surface area contributed by atoms with Crippen LogP contribution in [0.25, 0.3) is 10.9 Å². The van der Waals surface area contributed by atoms with E-state index < -0.39 is 41.9 Å². The summed E-state index contributed by atoms with van der Waals surface area (Å²) in [6, 6.07) is 19.6. The second-order valence-corrected chi connectivity index (χ2v) is 11.9. The van der Waals surface area contributed by atoms with E-state index in [9.17, 15) is 24.3 Å². The van der Waals surface area contributed by atoms with E-state index in [2.05, 4.69) is 15.6 Å². The number of nitrogens with two attached hydrogens (primary N) is 2. The molecule has 5 rings (SSSR count). The number of phenols is 1. The highest BCUT2D eigenvalue weighted by Crippen LogP contribution is 2.24. The molecule has 4 atom stereocenters. The van der Waals surface area contributed by atoms with Gasteiger partial charge >= 0.3 is 0 Å². The number of para-hydroxylation sites is 1. The number of carbonyl (C=O) groups excluding carboxylic acids is 4. The van der Waals surface area contributed by atoms with Crippen molar-refractivity contribution in [2.75, 3.05) is 6.54 Å². The quantitative estimate of drug-likeness (QED) is 0.140. The van der Waals surface area contributed by atoms with Gasteiger partial charge in [-0.15, -0.1) is 0 Å². The molecule has 11 nitrogen and oxygen atoms in total. The van der Waals surface area contributed by atoms with Crippen LogP contribution in [-0.4, -0.2) is 69.3 Å². The first-order valence-corrected chi connectivity index (χ1v) is 15.4. The largest absolute Gasteiger partial charge is 0.508 e. The van der Waals surface area contributed by atoms with Gasteiger partial charge in [-0.1, -0.05) is 60.7 Å². The number of benzene rings is 3. The van der Waals surface area contributed by atoms with E-state index in [4.69, 9.17) is 11.5 Å². The number of nitrogens with zero attached hydrogens (tertiary/aromatic N) is 1. The van der Waals surface area contributed by atoms with Gasteiger partial charge in [0.05, 0.1) is 6.04 Å². The Kier molecular flexibility index (Phi) is 10.0. The van der Waals surface area contributed by atoms with E-state index in [0.29, 0.717) is 19.4 Å². The third kappa shape index (κ3) is 7.55. The van der Waals surface area contributed by atoms with Crippen molar-refractivity contribution in [2.24, 2.45) is 11.5 Å². The molecular weight excluding hydrogens is 584 g/mol. The van der Waals surface area contributed by atoms with Crippen molar-refractivity contribution in [1.82, 2.24) is 20.5 Å². The normalized spacial score (nSPS) is 16.5. The van der Waals surface area contributed by atoms with E-state index in [-0.39, 0.29) is 30.9 Å². The van der Waals surface area contributed by atoms with Crippen LogP contribution in [0.4, 0.5) is 0 Å². The highest BCUT2D eigenvalue weighted by atomic mass is 16.3. The predicted octanol–water partition coefficient (Wildman–Crippen LogP) is 1.98. The number of H-pyrrole nitrogens is 1. The van der Waals surface area contributed by atoms with E-state index in [0.717, 1.165) is 33.3 Å². The molecule has 0 spiro atoms. The lowest BCUT2D eigenvalue weighted by atomic mass is 10.00. The summed E-state index contributed by atoms with van der Waals surface area (Å²) in [6.07, 6.45) is 1.60. The van der Waals surface area contributed by atoms with Gasteiger partial charge in [0.2, 0.25) is 23.6 Å². The molecule has 0 saturated carbocycles. The summed E-state index contributed by atoms with van der Waals surface area (Å²) in [6.45, 7) is 2.26. The molecule has 0 bridgehead atoms. The van der Waals surface area contributed by atoms with Gasteiger partial charge in [0.1, 0.15) is 23.9 Å². The molecule has 4 amide bonds. The second kappa shape index (κ2) is 14.3. The van der Waals surface area contributed by atoms with E-state index >= 15 is 0 Å². The number of nitrogens with one attached hydrogen (secondary N) is 3. The maximum absolute atomic E-state index is 13.9. The monoisotopic (exact) mass is 624 g/mol. The smallest absolute Gasteiger partial charge is 0.243 e. The fraction of sp³-hybridized carbons (Fsp3) is 0.314. The van der Waals surface area contributed by atoms with Crippen LogP contribution in [0.3, 0.4) is 0 Å². The molecule has 1 fully saturated rings. The van der Waals surface area contributed by atoms with Gasteiger partial charge < -0.3 is 37.1 Å². The summed E-state index contributed by atoms with van der Waals surface area (Å²) in [4.78, 5) is 58.3. The van der Waals surface area contributed by atoms with Crippen LogP contribution in [-0.2, 0) is 38.4 Å². The van der Waals surface area contributed by atoms with E-state index in [1.807, 2.05) is 61.5 Å². The average molecular weight is 625 g/mol. The average Bonchev–Trinajstić information content (AvgIpc) is 3.66. The molecule has 46 heavy (non-hydrogen) atoms. The summed E-state index contributed by atoms with van der Waals surface area (Å²) >= 11 is 0. The van der Waals surface area contributed by atoms with Gasteiger partial charge in [-0.25, -0.2) is 0 Å². The van der Waals surface area contributed by atoms with Crippen LogP contribution in [0.15, 0.2) is 78.9 Å². The van der Waals surface area contributed by atoms with Crippen molar-refractivity contribution in [1.29, 1.82) is 0 Å². The fourth-order valence-electron chi connectivity index (χ4n) is 6.11. The lowest BCUT2D eigenvalue weighted by Gasteiger charge is -2.29. The molecule has 240 valence electrons. The highest BCUT2D eigenvalue weighted by Gasteiger charge is 2.38. The van der Waals surface area contributed by atoms with Crippen molar-refractivity contribution in [3.05, 3.63) is 101 Å². The number of carbonyl (C=O) groups is 4. The topological polar surface area (TPSA) is 184 Å². The Balaban J connectivity index is 1.35. The van der Waals surface area contributed by atoms with Crippen LogP contribution in [0.1, 0.15) is 35.2 Å². The molecule has 4 aromatic rings. The number of rotatable bonds is 12. The molecule has 0 aliphatic carbocycles. The number of likely N-dealkylation sites (tertiary alicyclic amines) is 1. The molecule has 1 aliphatic heterocycles. The number of hydrogen-bond donors (Lipinski definition) is 6. The predicted molar refractivity (Wildman–Crippen MR) is 174 cm³/mol. The summed E-state index contributed by atoms with van der Waals surface area (Å²) < 4.78 is 0. The van der Waals surface area contributed by atoms with Crippen molar-refractivity contribution >= 4 is 34.5 Å². The Morgan fingerprint density at radius 2 is 1.57 bits per heavy atom. The summed E-state index contributed by atoms with van der Waals surface area (Å²) in [5, 5.41) is 16.1. The lowest BCUT2D eigenvalue weighted by molar-refractivity contribution is -0.140. The first-order chi connectivity index (χ1) is 22.1. The minimum atomic E-state index is -1.06. The third-order valence-corrected chi connectivity index (χ3v) is 8.56. The fourth-order valence-corrected chi connectivity index (χ4v) is 6.11. The molecule has 0 unspecified atom stereocenters. The number of aromatic hydroxyl groups is 1. The molecule has 1 saturated heterocycles. The van der Waals surface area contributed by atoms with E-state index in [1.54, 1.807) is 12.1 Å². The van der Waals surface area contributed by atoms with Crippen molar-refractivity contribution < 1.29 is 24.3 Å². The van der Waals surface area contributed by atoms with Crippen LogP contribution in [0.5, 0.6) is 5.75 Å². The van der Waals surface area contributed by atoms with Crippen molar-refractivity contribution in [3.63, 3.8) is 0 Å². The SMILES string of the molecule is Cc1[nH]c2ccccc2c1C[C@@H](NC(=O)[C@@H]1CCCN1C(=O)[C@@H](N)Cc1ccc(O)cc1)C(=O)N[C@@H](Cc1ccccc1)C(N)=O. The van der Waals surface area contributed by atoms with Gasteiger partial charge in [0.15, 0.2) is 0 Å². The van der Waals surface area contributed by atoms with Gasteiger partial charge in [0, 0.05) is 36.0 Å². The van der Waals surface area contributed by atoms with Gasteiger partial charge in [-0.3, -0.25) is 19.2 Å². The number of aryl methyl sites for hydroxylation is 1. The zero-order valence-corrected chi connectivity index (χ0v) is 25.7. The Morgan fingerprint density at radius 3 is 2.28 bits per heavy atom. The Morgan fingerprint density at radius 1 is 0.891 bits per heavy atom. The zero-order chi connectivity index (χ0) is 32.8. The third-order valence-electron chi connectivity index (χ3n) is 8.56. The molecule has 3 aromatic carbocycles. The summed E-state index contributed by atoms with van der Waals surface area (Å²) in [7, 11) is 0. The molecule has 8 N–H and O–H groups in total. The lowest BCUT2D eigenvalue weighted by Crippen LogP contribution is -2.58. The molecule has 11 heteroatoms. The molecule has 0 radical (unpaired) electrons. The Labute approximate surface area is 267 Å². The highest BCUT2D eigenvalue weighted by molar-refractivity contribution is 5.96. The number of aromatic nitrogens is 1. The van der Waals surface area contributed by atoms with Gasteiger partial charge in [-0.05, 0) is 61.1 Å². The maximum atomic E-state index is 13.9. The minimum Gasteiger partial charge on any atom is -0.508 e.